The van der Waals surface area contributed by atoms with Gasteiger partial charge in [0.1, 0.15) is 11.9 Å². The molecule has 2 aromatic carbocycles. The van der Waals surface area contributed by atoms with Crippen LogP contribution in [0.3, 0.4) is 0 Å². The highest BCUT2D eigenvalue weighted by atomic mass is 35.5. The first-order valence-electron chi connectivity index (χ1n) is 8.04. The second kappa shape index (κ2) is 9.59. The Morgan fingerprint density at radius 3 is 2.35 bits per heavy atom. The number of nitrogens with zero attached hydrogens (tertiary/aromatic N) is 1. The molecule has 1 unspecified atom stereocenters. The molecule has 2 rings (SSSR count). The number of thioether (sulfide) groups is 1. The number of carbonyl (C=O) groups excluding carboxylic acids is 2. The van der Waals surface area contributed by atoms with Gasteiger partial charge >= 0.3 is 0 Å². The summed E-state index contributed by atoms with van der Waals surface area (Å²) >= 11 is 7.24. The molecule has 0 radical (unpaired) electrons. The third kappa shape index (κ3) is 5.75. The Kier molecular flexibility index (Phi) is 7.48. The first-order valence-corrected chi connectivity index (χ1v) is 9.41. The van der Waals surface area contributed by atoms with Crippen molar-refractivity contribution in [1.29, 1.82) is 0 Å². The summed E-state index contributed by atoms with van der Waals surface area (Å²) in [5.41, 5.74) is 0.756. The molecule has 7 heteroatoms. The molecule has 0 aliphatic carbocycles. The van der Waals surface area contributed by atoms with E-state index in [9.17, 15) is 14.0 Å². The van der Waals surface area contributed by atoms with E-state index in [0.29, 0.717) is 5.02 Å². The van der Waals surface area contributed by atoms with Gasteiger partial charge in [-0.3, -0.25) is 9.59 Å². The number of benzene rings is 2. The zero-order valence-corrected chi connectivity index (χ0v) is 16.1. The molecule has 4 nitrogen and oxygen atoms in total. The van der Waals surface area contributed by atoms with Gasteiger partial charge in [-0.25, -0.2) is 4.39 Å². The van der Waals surface area contributed by atoms with Crippen molar-refractivity contribution in [2.45, 2.75) is 24.4 Å². The zero-order chi connectivity index (χ0) is 19.1. The van der Waals surface area contributed by atoms with Gasteiger partial charge in [-0.05, 0) is 48.9 Å². The Hall–Kier alpha value is -2.05. The van der Waals surface area contributed by atoms with Crippen LogP contribution in [-0.2, 0) is 16.1 Å². The van der Waals surface area contributed by atoms with Crippen LogP contribution in [0.2, 0.25) is 5.02 Å². The lowest BCUT2D eigenvalue weighted by Gasteiger charge is -2.28. The maximum absolute atomic E-state index is 13.1. The molecule has 0 aromatic heterocycles. The average Bonchev–Trinajstić information content (AvgIpc) is 2.65. The number of halogens is 2. The summed E-state index contributed by atoms with van der Waals surface area (Å²) < 4.78 is 13.1. The van der Waals surface area contributed by atoms with Crippen molar-refractivity contribution in [3.05, 3.63) is 64.9 Å². The Morgan fingerprint density at radius 2 is 1.77 bits per heavy atom. The second-order valence-corrected chi connectivity index (χ2v) is 7.17. The highest BCUT2D eigenvalue weighted by Crippen LogP contribution is 2.21. The van der Waals surface area contributed by atoms with Crippen LogP contribution in [0, 0.1) is 5.82 Å². The molecule has 0 fully saturated rings. The van der Waals surface area contributed by atoms with Gasteiger partial charge in [-0.2, -0.15) is 0 Å². The van der Waals surface area contributed by atoms with Gasteiger partial charge in [0.2, 0.25) is 11.8 Å². The minimum atomic E-state index is -0.636. The zero-order valence-electron chi connectivity index (χ0n) is 14.5. The Morgan fingerprint density at radius 1 is 1.15 bits per heavy atom. The Labute approximate surface area is 161 Å². The molecular weight excluding hydrogens is 375 g/mol. The molecule has 1 N–H and O–H groups in total. The number of hydrogen-bond acceptors (Lipinski definition) is 3. The minimum Gasteiger partial charge on any atom is -0.357 e. The number of hydrogen-bond donors (Lipinski definition) is 1. The Balaban J connectivity index is 2.10. The summed E-state index contributed by atoms with van der Waals surface area (Å²) in [4.78, 5) is 27.2. The van der Waals surface area contributed by atoms with Crippen LogP contribution in [0.5, 0.6) is 0 Å². The van der Waals surface area contributed by atoms with Gasteiger partial charge in [0.05, 0.1) is 5.75 Å². The van der Waals surface area contributed by atoms with Crippen molar-refractivity contribution in [2.24, 2.45) is 0 Å². The molecule has 0 bridgehead atoms. The number of rotatable bonds is 7. The molecule has 0 saturated heterocycles. The molecule has 2 aromatic rings. The van der Waals surface area contributed by atoms with Crippen LogP contribution in [0.25, 0.3) is 0 Å². The quantitative estimate of drug-likeness (QED) is 0.728. The third-order valence-electron chi connectivity index (χ3n) is 3.86. The predicted molar refractivity (Wildman–Crippen MR) is 103 cm³/mol. The molecule has 0 saturated carbocycles. The van der Waals surface area contributed by atoms with E-state index in [2.05, 4.69) is 5.32 Å². The summed E-state index contributed by atoms with van der Waals surface area (Å²) in [6, 6.07) is 12.5. The Bertz CT molecular complexity index is 753. The first-order chi connectivity index (χ1) is 12.4. The minimum absolute atomic E-state index is 0.176. The molecule has 0 heterocycles. The number of amides is 2. The maximum Gasteiger partial charge on any atom is 0.242 e. The van der Waals surface area contributed by atoms with Gasteiger partial charge in [0.15, 0.2) is 0 Å². The van der Waals surface area contributed by atoms with Crippen molar-refractivity contribution < 1.29 is 14.0 Å². The van der Waals surface area contributed by atoms with E-state index in [0.717, 1.165) is 10.5 Å². The van der Waals surface area contributed by atoms with E-state index in [1.807, 2.05) is 12.1 Å². The molecule has 2 amide bonds. The predicted octanol–water partition coefficient (Wildman–Crippen LogP) is 3.73. The molecule has 138 valence electrons. The van der Waals surface area contributed by atoms with Crippen LogP contribution >= 0.6 is 23.4 Å². The fourth-order valence-corrected chi connectivity index (χ4v) is 3.25. The molecule has 0 aliphatic heterocycles. The van der Waals surface area contributed by atoms with Crippen molar-refractivity contribution in [3.8, 4) is 0 Å². The molecule has 0 aliphatic rings. The largest absolute Gasteiger partial charge is 0.357 e. The number of nitrogens with one attached hydrogen (secondary N) is 1. The van der Waals surface area contributed by atoms with Crippen LogP contribution in [0.1, 0.15) is 12.5 Å². The summed E-state index contributed by atoms with van der Waals surface area (Å²) in [6.45, 7) is 1.90. The summed E-state index contributed by atoms with van der Waals surface area (Å²) in [6.07, 6.45) is 0. The topological polar surface area (TPSA) is 49.4 Å². The summed E-state index contributed by atoms with van der Waals surface area (Å²) in [5, 5.41) is 3.19. The molecule has 0 spiro atoms. The van der Waals surface area contributed by atoms with Crippen LogP contribution in [-0.4, -0.2) is 35.6 Å². The van der Waals surface area contributed by atoms with Crippen LogP contribution in [0.4, 0.5) is 4.39 Å². The van der Waals surface area contributed by atoms with Crippen molar-refractivity contribution in [1.82, 2.24) is 10.2 Å². The van der Waals surface area contributed by atoms with E-state index in [1.165, 1.54) is 35.8 Å². The van der Waals surface area contributed by atoms with Crippen LogP contribution < -0.4 is 5.32 Å². The highest BCUT2D eigenvalue weighted by molar-refractivity contribution is 8.00. The first kappa shape index (κ1) is 20.3. The average molecular weight is 395 g/mol. The fraction of sp³-hybridized carbons (Fsp3) is 0.263. The second-order valence-electron chi connectivity index (χ2n) is 5.68. The van der Waals surface area contributed by atoms with Gasteiger partial charge in [-0.15, -0.1) is 11.8 Å². The van der Waals surface area contributed by atoms with Gasteiger partial charge in [0, 0.05) is 23.5 Å². The number of likely N-dealkylation sites (N-methyl/N-ethyl adjacent to an activating group) is 1. The monoisotopic (exact) mass is 394 g/mol. The van der Waals surface area contributed by atoms with E-state index in [4.69, 9.17) is 11.6 Å². The number of carbonyl (C=O) groups is 2. The summed E-state index contributed by atoms with van der Waals surface area (Å²) in [7, 11) is 1.53. The lowest BCUT2D eigenvalue weighted by molar-refractivity contribution is -0.138. The van der Waals surface area contributed by atoms with Crippen molar-refractivity contribution in [2.75, 3.05) is 12.8 Å². The molecule has 1 atom stereocenters. The maximum atomic E-state index is 13.1. The van der Waals surface area contributed by atoms with Crippen LogP contribution in [0.15, 0.2) is 53.4 Å². The van der Waals surface area contributed by atoms with E-state index in [-0.39, 0.29) is 29.9 Å². The SMILES string of the molecule is CNC(=O)C(C)N(Cc1ccc(F)cc1)C(=O)CSc1ccc(Cl)cc1. The fourth-order valence-electron chi connectivity index (χ4n) is 2.34. The van der Waals surface area contributed by atoms with E-state index < -0.39 is 6.04 Å². The van der Waals surface area contributed by atoms with E-state index >= 15 is 0 Å². The molecular formula is C19H20ClFN2O2S. The normalized spacial score (nSPS) is 11.7. The van der Waals surface area contributed by atoms with Crippen molar-refractivity contribution >= 4 is 35.2 Å². The lowest BCUT2D eigenvalue weighted by atomic mass is 10.1. The highest BCUT2D eigenvalue weighted by Gasteiger charge is 2.25. The summed E-state index contributed by atoms with van der Waals surface area (Å²) in [5.74, 6) is -0.587. The third-order valence-corrected chi connectivity index (χ3v) is 5.10. The lowest BCUT2D eigenvalue weighted by Crippen LogP contribution is -2.47. The van der Waals surface area contributed by atoms with Crippen molar-refractivity contribution in [3.63, 3.8) is 0 Å². The molecule has 26 heavy (non-hydrogen) atoms. The van der Waals surface area contributed by atoms with Gasteiger partial charge < -0.3 is 10.2 Å². The smallest absolute Gasteiger partial charge is 0.242 e. The van der Waals surface area contributed by atoms with Gasteiger partial charge in [-0.1, -0.05) is 23.7 Å². The van der Waals surface area contributed by atoms with E-state index in [1.54, 1.807) is 31.2 Å². The standard InChI is InChI=1S/C19H20ClFN2O2S/c1-13(19(25)22-2)23(11-14-3-7-16(21)8-4-14)18(24)12-26-17-9-5-15(20)6-10-17/h3-10,13H,11-12H2,1-2H3,(H,22,25). The van der Waals surface area contributed by atoms with Gasteiger partial charge in [0.25, 0.3) is 0 Å².